The fourth-order valence-electron chi connectivity index (χ4n) is 4.47. The molecule has 0 radical (unpaired) electrons. The molecule has 0 amide bonds. The molecule has 13 heteroatoms. The van der Waals surface area contributed by atoms with Crippen LogP contribution in [0.3, 0.4) is 0 Å². The summed E-state index contributed by atoms with van der Waals surface area (Å²) in [6.45, 7) is 7.75. The van der Waals surface area contributed by atoms with Crippen molar-refractivity contribution < 1.29 is 27.2 Å². The van der Waals surface area contributed by atoms with Gasteiger partial charge in [-0.3, -0.25) is 14.4 Å². The highest BCUT2D eigenvalue weighted by Gasteiger charge is 2.30. The highest BCUT2D eigenvalue weighted by Crippen LogP contribution is 2.35. The maximum Gasteiger partial charge on any atom is 0.439 e. The number of nitrogens with zero attached hydrogens (tertiary/aromatic N) is 4. The van der Waals surface area contributed by atoms with Gasteiger partial charge in [0.2, 0.25) is 0 Å². The minimum absolute atomic E-state index is 0.214. The topological polar surface area (TPSA) is 96.7 Å². The molecule has 2 aromatic carbocycles. The van der Waals surface area contributed by atoms with Crippen LogP contribution in [0.2, 0.25) is 0 Å². The van der Waals surface area contributed by atoms with Crippen LogP contribution in [0.15, 0.2) is 51.8 Å². The first-order valence-corrected chi connectivity index (χ1v) is 13.5. The van der Waals surface area contributed by atoms with E-state index in [0.29, 0.717) is 34.2 Å². The maximum atomic E-state index is 13.1. The van der Waals surface area contributed by atoms with E-state index in [0.717, 1.165) is 55.4 Å². The Balaban J connectivity index is 1.38. The second-order valence-electron chi connectivity index (χ2n) is 9.27. The first-order valence-electron chi connectivity index (χ1n) is 12.7. The van der Waals surface area contributed by atoms with Crippen molar-refractivity contribution in [2.24, 2.45) is 0 Å². The number of benzene rings is 2. The predicted octanol–water partition coefficient (Wildman–Crippen LogP) is 4.90. The summed E-state index contributed by atoms with van der Waals surface area (Å²) in [6, 6.07) is 10.2. The Bertz CT molecular complexity index is 1490. The molecule has 212 valence electrons. The zero-order chi connectivity index (χ0) is 28.3. The smallest absolute Gasteiger partial charge is 0.439 e. The van der Waals surface area contributed by atoms with Crippen molar-refractivity contribution in [3.05, 3.63) is 69.1 Å². The number of alkyl halides is 3. The van der Waals surface area contributed by atoms with Crippen LogP contribution in [0.1, 0.15) is 23.1 Å². The van der Waals surface area contributed by atoms with Crippen molar-refractivity contribution in [3.63, 3.8) is 0 Å². The standard InChI is InChI=1S/C27H28F3N5O4S/c1-3-34-10-12-35(13-11-34)15-21-23(40-25(31-21)17-4-6-18(7-5-17)27(28,29)30)16-38-19-8-9-20(22(14-19)37-2)24-32-26(36)39-33-24/h4-9,14H,3,10-13,15-16H2,1-2H3,(H,32,33,36). The number of thiazole rings is 1. The van der Waals surface area contributed by atoms with Crippen molar-refractivity contribution in [2.75, 3.05) is 39.8 Å². The molecule has 1 N–H and O–H groups in total. The lowest BCUT2D eigenvalue weighted by Crippen LogP contribution is -2.45. The third-order valence-electron chi connectivity index (χ3n) is 6.76. The molecule has 4 aromatic rings. The zero-order valence-corrected chi connectivity index (χ0v) is 22.8. The van der Waals surface area contributed by atoms with Crippen LogP contribution in [0.25, 0.3) is 22.0 Å². The molecule has 5 rings (SSSR count). The van der Waals surface area contributed by atoms with Gasteiger partial charge in [-0.1, -0.05) is 24.2 Å². The van der Waals surface area contributed by atoms with E-state index in [1.54, 1.807) is 18.2 Å². The fourth-order valence-corrected chi connectivity index (χ4v) is 5.46. The summed E-state index contributed by atoms with van der Waals surface area (Å²) in [5.41, 5.74) is 1.30. The number of H-pyrrole nitrogens is 1. The molecule has 1 fully saturated rings. The quantitative estimate of drug-likeness (QED) is 0.301. The van der Waals surface area contributed by atoms with Gasteiger partial charge in [-0.2, -0.15) is 13.2 Å². The van der Waals surface area contributed by atoms with Crippen molar-refractivity contribution in [3.8, 4) is 33.5 Å². The van der Waals surface area contributed by atoms with Crippen LogP contribution >= 0.6 is 11.3 Å². The van der Waals surface area contributed by atoms with E-state index in [4.69, 9.17) is 14.5 Å². The lowest BCUT2D eigenvalue weighted by molar-refractivity contribution is -0.137. The van der Waals surface area contributed by atoms with Crippen LogP contribution in [0, 0.1) is 0 Å². The summed E-state index contributed by atoms with van der Waals surface area (Å²) in [7, 11) is 1.50. The molecule has 0 unspecified atom stereocenters. The lowest BCUT2D eigenvalue weighted by atomic mass is 10.1. The van der Waals surface area contributed by atoms with E-state index >= 15 is 0 Å². The van der Waals surface area contributed by atoms with Gasteiger partial charge in [0, 0.05) is 44.4 Å². The van der Waals surface area contributed by atoms with Crippen molar-refractivity contribution >= 4 is 11.3 Å². The summed E-state index contributed by atoms with van der Waals surface area (Å²) < 4.78 is 55.4. The number of aromatic nitrogens is 3. The van der Waals surface area contributed by atoms with Gasteiger partial charge in [0.25, 0.3) is 0 Å². The van der Waals surface area contributed by atoms with Gasteiger partial charge in [0.15, 0.2) is 5.82 Å². The van der Waals surface area contributed by atoms with E-state index in [2.05, 4.69) is 31.4 Å². The van der Waals surface area contributed by atoms with Crippen LogP contribution in [0.4, 0.5) is 13.2 Å². The second kappa shape index (κ2) is 11.8. The summed E-state index contributed by atoms with van der Waals surface area (Å²) in [5, 5.41) is 4.34. The average Bonchev–Trinajstić information content (AvgIpc) is 3.57. The summed E-state index contributed by atoms with van der Waals surface area (Å²) in [4.78, 5) is 24.3. The van der Waals surface area contributed by atoms with E-state index in [9.17, 15) is 18.0 Å². The number of piperazine rings is 1. The van der Waals surface area contributed by atoms with Gasteiger partial charge in [-0.25, -0.2) is 9.78 Å². The number of methoxy groups -OCH3 is 1. The third-order valence-corrected chi connectivity index (χ3v) is 7.88. The number of hydrogen-bond acceptors (Lipinski definition) is 9. The highest BCUT2D eigenvalue weighted by molar-refractivity contribution is 7.15. The molecule has 1 aliphatic heterocycles. The SMILES string of the molecule is CCN1CCN(Cc2nc(-c3ccc(C(F)(F)F)cc3)sc2COc2ccc(-c3noc(=O)[nH]3)c(OC)c2)CC1. The first kappa shape index (κ1) is 27.9. The highest BCUT2D eigenvalue weighted by atomic mass is 32.1. The zero-order valence-electron chi connectivity index (χ0n) is 22.0. The Morgan fingerprint density at radius 3 is 2.42 bits per heavy atom. The monoisotopic (exact) mass is 575 g/mol. The summed E-state index contributed by atoms with van der Waals surface area (Å²) in [6.07, 6.45) is -4.40. The Morgan fingerprint density at radius 2 is 1.80 bits per heavy atom. The molecule has 0 aliphatic carbocycles. The van der Waals surface area contributed by atoms with Gasteiger partial charge in [-0.05, 0) is 30.8 Å². The summed E-state index contributed by atoms with van der Waals surface area (Å²) >= 11 is 1.40. The first-order chi connectivity index (χ1) is 19.2. The Labute approximate surface area is 232 Å². The number of halogens is 3. The van der Waals surface area contributed by atoms with E-state index in [-0.39, 0.29) is 12.4 Å². The number of likely N-dealkylation sites (N-methyl/N-ethyl adjacent to an activating group) is 1. The minimum Gasteiger partial charge on any atom is -0.496 e. The number of nitrogens with one attached hydrogen (secondary N) is 1. The van der Waals surface area contributed by atoms with Gasteiger partial charge in [0.05, 0.1) is 28.8 Å². The van der Waals surface area contributed by atoms with E-state index in [1.165, 1.54) is 30.6 Å². The molecule has 0 bridgehead atoms. The van der Waals surface area contributed by atoms with Crippen LogP contribution in [0.5, 0.6) is 11.5 Å². The normalized spacial score (nSPS) is 14.9. The average molecular weight is 576 g/mol. The largest absolute Gasteiger partial charge is 0.496 e. The van der Waals surface area contributed by atoms with Crippen LogP contribution in [-0.4, -0.2) is 64.8 Å². The molecule has 1 saturated heterocycles. The molecule has 1 aliphatic rings. The number of ether oxygens (including phenoxy) is 2. The van der Waals surface area contributed by atoms with Crippen LogP contribution < -0.4 is 15.2 Å². The van der Waals surface area contributed by atoms with Crippen molar-refractivity contribution in [1.82, 2.24) is 24.9 Å². The molecular weight excluding hydrogens is 547 g/mol. The third kappa shape index (κ3) is 6.37. The van der Waals surface area contributed by atoms with Gasteiger partial charge < -0.3 is 14.4 Å². The molecular formula is C27H28F3N5O4S. The molecule has 3 heterocycles. The minimum atomic E-state index is -4.40. The summed E-state index contributed by atoms with van der Waals surface area (Å²) in [5.74, 6) is 0.529. The van der Waals surface area contributed by atoms with Gasteiger partial charge >= 0.3 is 11.9 Å². The molecule has 0 atom stereocenters. The Hall–Kier alpha value is -3.68. The van der Waals surface area contributed by atoms with E-state index < -0.39 is 17.5 Å². The number of hydrogen-bond donors (Lipinski definition) is 1. The molecule has 40 heavy (non-hydrogen) atoms. The van der Waals surface area contributed by atoms with E-state index in [1.807, 2.05) is 0 Å². The molecule has 0 saturated carbocycles. The fraction of sp³-hybridized carbons (Fsp3) is 0.370. The number of aromatic amines is 1. The van der Waals surface area contributed by atoms with Crippen LogP contribution in [-0.2, 0) is 19.3 Å². The lowest BCUT2D eigenvalue weighted by Gasteiger charge is -2.33. The maximum absolute atomic E-state index is 13.1. The predicted molar refractivity (Wildman–Crippen MR) is 143 cm³/mol. The van der Waals surface area contributed by atoms with Gasteiger partial charge in [-0.15, -0.1) is 11.3 Å². The molecule has 2 aromatic heterocycles. The second-order valence-corrected chi connectivity index (χ2v) is 10.4. The molecule has 0 spiro atoms. The molecule has 9 nitrogen and oxygen atoms in total. The Kier molecular flexibility index (Phi) is 8.24. The Morgan fingerprint density at radius 1 is 1.07 bits per heavy atom. The van der Waals surface area contributed by atoms with Crippen molar-refractivity contribution in [2.45, 2.75) is 26.3 Å². The van der Waals surface area contributed by atoms with Crippen molar-refractivity contribution in [1.29, 1.82) is 0 Å². The van der Waals surface area contributed by atoms with Gasteiger partial charge in [0.1, 0.15) is 23.1 Å². The number of rotatable bonds is 9.